The molecule has 2 aliphatic heterocycles. The van der Waals surface area contributed by atoms with Gasteiger partial charge in [-0.05, 0) is 53.0 Å². The van der Waals surface area contributed by atoms with Gasteiger partial charge in [0, 0.05) is 23.7 Å². The first kappa shape index (κ1) is 14.0. The Labute approximate surface area is 121 Å². The molecule has 0 aliphatic carbocycles. The zero-order valence-corrected chi connectivity index (χ0v) is 12.9. The molecule has 0 amide bonds. The zero-order chi connectivity index (χ0) is 14.3. The van der Waals surface area contributed by atoms with Crippen molar-refractivity contribution in [3.63, 3.8) is 0 Å². The number of rotatable bonds is 3. The molecule has 2 saturated heterocycles. The molecule has 1 aromatic rings. The van der Waals surface area contributed by atoms with Gasteiger partial charge in [-0.25, -0.2) is 9.97 Å². The maximum Gasteiger partial charge on any atom is 0.134 e. The number of nitrogens with zero attached hydrogens (tertiary/aromatic N) is 2. The Morgan fingerprint density at radius 3 is 2.70 bits per heavy atom. The number of fused-ring (bicyclic) bond motifs is 2. The molecule has 4 nitrogen and oxygen atoms in total. The second-order valence-electron chi connectivity index (χ2n) is 7.18. The van der Waals surface area contributed by atoms with E-state index in [2.05, 4.69) is 44.1 Å². The van der Waals surface area contributed by atoms with Crippen molar-refractivity contribution in [3.8, 4) is 0 Å². The third-order valence-electron chi connectivity index (χ3n) is 4.16. The van der Waals surface area contributed by atoms with Crippen molar-refractivity contribution in [1.29, 1.82) is 0 Å². The summed E-state index contributed by atoms with van der Waals surface area (Å²) in [6.45, 7) is 9.37. The maximum atomic E-state index is 5.94. The molecule has 1 N–H and O–H groups in total. The van der Waals surface area contributed by atoms with Crippen molar-refractivity contribution in [1.82, 2.24) is 15.3 Å². The lowest BCUT2D eigenvalue weighted by Crippen LogP contribution is -2.35. The van der Waals surface area contributed by atoms with E-state index in [9.17, 15) is 0 Å². The lowest BCUT2D eigenvalue weighted by molar-refractivity contribution is 0.0998. The minimum Gasteiger partial charge on any atom is -0.374 e. The fourth-order valence-corrected chi connectivity index (χ4v) is 3.18. The van der Waals surface area contributed by atoms with Gasteiger partial charge in [0.05, 0.1) is 17.9 Å². The van der Waals surface area contributed by atoms with Crippen LogP contribution in [0.5, 0.6) is 0 Å². The summed E-state index contributed by atoms with van der Waals surface area (Å²) in [4.78, 5) is 9.44. The molecule has 2 aliphatic rings. The Morgan fingerprint density at radius 2 is 2.10 bits per heavy atom. The van der Waals surface area contributed by atoms with Crippen LogP contribution < -0.4 is 5.32 Å². The molecule has 3 unspecified atom stereocenters. The molecular weight excluding hydrogens is 250 g/mol. The van der Waals surface area contributed by atoms with Crippen molar-refractivity contribution >= 4 is 0 Å². The van der Waals surface area contributed by atoms with Crippen LogP contribution in [0.3, 0.4) is 0 Å². The summed E-state index contributed by atoms with van der Waals surface area (Å²) in [6, 6.07) is 2.08. The molecule has 2 bridgehead atoms. The van der Waals surface area contributed by atoms with E-state index in [1.165, 1.54) is 12.8 Å². The summed E-state index contributed by atoms with van der Waals surface area (Å²) in [5.74, 6) is 1.39. The predicted molar refractivity (Wildman–Crippen MR) is 78.6 cm³/mol. The summed E-state index contributed by atoms with van der Waals surface area (Å²) in [5, 5.41) is 3.50. The third-order valence-corrected chi connectivity index (χ3v) is 4.16. The summed E-state index contributed by atoms with van der Waals surface area (Å²) < 4.78 is 5.94. The Bertz CT molecular complexity index is 495. The molecule has 0 aromatic carbocycles. The predicted octanol–water partition coefficient (Wildman–Crippen LogP) is 2.71. The number of hydrogen-bond acceptors (Lipinski definition) is 4. The Balaban J connectivity index is 1.77. The first-order chi connectivity index (χ1) is 9.40. The van der Waals surface area contributed by atoms with Gasteiger partial charge in [0.25, 0.3) is 0 Å². The summed E-state index contributed by atoms with van der Waals surface area (Å²) in [7, 11) is 0. The first-order valence-corrected chi connectivity index (χ1v) is 7.66. The highest BCUT2D eigenvalue weighted by Gasteiger charge is 2.42. The van der Waals surface area contributed by atoms with Crippen molar-refractivity contribution in [3.05, 3.63) is 23.3 Å². The molecule has 0 radical (unpaired) electrons. The van der Waals surface area contributed by atoms with Gasteiger partial charge < -0.3 is 10.1 Å². The van der Waals surface area contributed by atoms with Crippen molar-refractivity contribution in [2.75, 3.05) is 0 Å². The van der Waals surface area contributed by atoms with E-state index in [1.807, 2.05) is 0 Å². The summed E-state index contributed by atoms with van der Waals surface area (Å²) in [6.07, 6.45) is 4.28. The molecule has 2 fully saturated rings. The number of nitrogens with one attached hydrogen (secondary N) is 1. The standard InChI is InChI=1S/C16H25N3O/c1-10-7-11(9-17-16(2,3)4)19-15(18-10)13-8-12-5-6-14(13)20-12/h7,12-14,17H,5-6,8-9H2,1-4H3. The number of aryl methyl sites for hydroxylation is 1. The van der Waals surface area contributed by atoms with Crippen LogP contribution in [0, 0.1) is 6.92 Å². The van der Waals surface area contributed by atoms with E-state index in [0.29, 0.717) is 18.1 Å². The van der Waals surface area contributed by atoms with Crippen LogP contribution in [0.25, 0.3) is 0 Å². The highest BCUT2D eigenvalue weighted by Crippen LogP contribution is 2.43. The summed E-state index contributed by atoms with van der Waals surface area (Å²) >= 11 is 0. The average Bonchev–Trinajstić information content (AvgIpc) is 2.97. The van der Waals surface area contributed by atoms with Gasteiger partial charge in [0.15, 0.2) is 0 Å². The monoisotopic (exact) mass is 275 g/mol. The second-order valence-corrected chi connectivity index (χ2v) is 7.18. The quantitative estimate of drug-likeness (QED) is 0.921. The van der Waals surface area contributed by atoms with Gasteiger partial charge >= 0.3 is 0 Å². The Morgan fingerprint density at radius 1 is 1.30 bits per heavy atom. The highest BCUT2D eigenvalue weighted by atomic mass is 16.5. The Hall–Kier alpha value is -1.00. The summed E-state index contributed by atoms with van der Waals surface area (Å²) in [5.41, 5.74) is 2.25. The van der Waals surface area contributed by atoms with Crippen LogP contribution in [0.4, 0.5) is 0 Å². The van der Waals surface area contributed by atoms with Crippen LogP contribution in [0.15, 0.2) is 6.07 Å². The van der Waals surface area contributed by atoms with Crippen LogP contribution in [-0.4, -0.2) is 27.7 Å². The van der Waals surface area contributed by atoms with Crippen LogP contribution in [-0.2, 0) is 11.3 Å². The van der Waals surface area contributed by atoms with Crippen LogP contribution in [0.1, 0.15) is 63.2 Å². The highest BCUT2D eigenvalue weighted by molar-refractivity contribution is 5.15. The zero-order valence-electron chi connectivity index (χ0n) is 12.9. The minimum atomic E-state index is 0.106. The molecule has 1 aromatic heterocycles. The van der Waals surface area contributed by atoms with E-state index in [4.69, 9.17) is 9.72 Å². The van der Waals surface area contributed by atoms with E-state index in [-0.39, 0.29) is 5.54 Å². The topological polar surface area (TPSA) is 47.0 Å². The molecule has 3 rings (SSSR count). The van der Waals surface area contributed by atoms with Gasteiger partial charge in [-0.1, -0.05) is 0 Å². The number of ether oxygens (including phenoxy) is 1. The van der Waals surface area contributed by atoms with E-state index in [0.717, 1.165) is 30.2 Å². The van der Waals surface area contributed by atoms with E-state index in [1.54, 1.807) is 0 Å². The lowest BCUT2D eigenvalue weighted by atomic mass is 9.88. The van der Waals surface area contributed by atoms with Crippen molar-refractivity contribution < 1.29 is 4.74 Å². The van der Waals surface area contributed by atoms with Gasteiger partial charge in [0.2, 0.25) is 0 Å². The molecule has 3 heterocycles. The fourth-order valence-electron chi connectivity index (χ4n) is 3.18. The molecular formula is C16H25N3O. The smallest absolute Gasteiger partial charge is 0.134 e. The number of hydrogen-bond donors (Lipinski definition) is 1. The largest absolute Gasteiger partial charge is 0.374 e. The number of aromatic nitrogens is 2. The maximum absolute atomic E-state index is 5.94. The normalized spacial score (nSPS) is 29.1. The fraction of sp³-hybridized carbons (Fsp3) is 0.750. The minimum absolute atomic E-state index is 0.106. The van der Waals surface area contributed by atoms with Crippen molar-refractivity contribution in [2.45, 2.75) is 77.2 Å². The van der Waals surface area contributed by atoms with E-state index < -0.39 is 0 Å². The molecule has 4 heteroatoms. The average molecular weight is 275 g/mol. The molecule has 3 atom stereocenters. The van der Waals surface area contributed by atoms with Gasteiger partial charge in [-0.3, -0.25) is 0 Å². The van der Waals surface area contributed by atoms with E-state index >= 15 is 0 Å². The lowest BCUT2D eigenvalue weighted by Gasteiger charge is -2.21. The molecule has 20 heavy (non-hydrogen) atoms. The van der Waals surface area contributed by atoms with Gasteiger partial charge in [-0.15, -0.1) is 0 Å². The van der Waals surface area contributed by atoms with Crippen LogP contribution >= 0.6 is 0 Å². The van der Waals surface area contributed by atoms with Crippen molar-refractivity contribution in [2.24, 2.45) is 0 Å². The Kier molecular flexibility index (Phi) is 3.55. The SMILES string of the molecule is Cc1cc(CNC(C)(C)C)nc(C2CC3CCC2O3)n1. The van der Waals surface area contributed by atoms with Crippen LogP contribution in [0.2, 0.25) is 0 Å². The van der Waals surface area contributed by atoms with Gasteiger partial charge in [-0.2, -0.15) is 0 Å². The second kappa shape index (κ2) is 5.08. The molecule has 0 spiro atoms. The first-order valence-electron chi connectivity index (χ1n) is 7.66. The molecule has 0 saturated carbocycles. The molecule has 110 valence electrons. The third kappa shape index (κ3) is 3.01. The van der Waals surface area contributed by atoms with Gasteiger partial charge in [0.1, 0.15) is 5.82 Å².